The number of hydrogen-bond acceptors (Lipinski definition) is 4. The predicted octanol–water partition coefficient (Wildman–Crippen LogP) is 3.76. The van der Waals surface area contributed by atoms with E-state index in [2.05, 4.69) is 5.32 Å². The fourth-order valence-corrected chi connectivity index (χ4v) is 2.06. The van der Waals surface area contributed by atoms with Crippen LogP contribution in [0, 0.1) is 35.3 Å². The molecule has 1 amide bonds. The summed E-state index contributed by atoms with van der Waals surface area (Å²) >= 11 is 0. The van der Waals surface area contributed by atoms with E-state index in [-0.39, 0.29) is 11.3 Å². The van der Waals surface area contributed by atoms with Crippen LogP contribution in [0.3, 0.4) is 0 Å². The number of nitro benzene ring substituents is 1. The number of hydrogen-bond donors (Lipinski definition) is 1. The summed E-state index contributed by atoms with van der Waals surface area (Å²) in [5.41, 5.74) is 2.37. The lowest BCUT2D eigenvalue weighted by Crippen LogP contribution is -2.13. The highest BCUT2D eigenvalue weighted by molar-refractivity contribution is 6.09. The molecule has 24 heavy (non-hydrogen) atoms. The van der Waals surface area contributed by atoms with Crippen molar-refractivity contribution in [3.8, 4) is 6.07 Å². The minimum Gasteiger partial charge on any atom is -0.321 e. The molecule has 0 saturated heterocycles. The van der Waals surface area contributed by atoms with Gasteiger partial charge in [0.25, 0.3) is 11.6 Å². The van der Waals surface area contributed by atoms with Crippen molar-refractivity contribution >= 4 is 23.4 Å². The standard InChI is InChI=1S/C18H15N3O3/c1-12-3-7-16(8-4-12)20-18(22)15(11-19)9-14-6-5-13(2)17(10-14)21(23)24/h3-10H,1-2H3,(H,20,22). The normalized spacial score (nSPS) is 10.8. The second-order valence-corrected chi connectivity index (χ2v) is 5.29. The Morgan fingerprint density at radius 3 is 2.46 bits per heavy atom. The van der Waals surface area contributed by atoms with E-state index < -0.39 is 10.8 Å². The highest BCUT2D eigenvalue weighted by Gasteiger charge is 2.13. The van der Waals surface area contributed by atoms with Gasteiger partial charge in [0.15, 0.2) is 0 Å². The minimum atomic E-state index is -0.565. The zero-order valence-corrected chi connectivity index (χ0v) is 13.2. The number of nitrogens with one attached hydrogen (secondary N) is 1. The van der Waals surface area contributed by atoms with Gasteiger partial charge in [-0.3, -0.25) is 14.9 Å². The first-order valence-corrected chi connectivity index (χ1v) is 7.15. The second-order valence-electron chi connectivity index (χ2n) is 5.29. The Hall–Kier alpha value is -3.46. The fraction of sp³-hybridized carbons (Fsp3) is 0.111. The van der Waals surface area contributed by atoms with E-state index in [1.165, 1.54) is 12.1 Å². The number of nitriles is 1. The lowest BCUT2D eigenvalue weighted by molar-refractivity contribution is -0.385. The number of rotatable bonds is 4. The Morgan fingerprint density at radius 2 is 1.88 bits per heavy atom. The van der Waals surface area contributed by atoms with E-state index in [1.807, 2.05) is 25.1 Å². The lowest BCUT2D eigenvalue weighted by Gasteiger charge is -2.05. The maximum Gasteiger partial charge on any atom is 0.272 e. The van der Waals surface area contributed by atoms with Crippen LogP contribution in [0.4, 0.5) is 11.4 Å². The molecule has 0 fully saturated rings. The average Bonchev–Trinajstić information content (AvgIpc) is 2.55. The number of nitrogens with zero attached hydrogens (tertiary/aromatic N) is 2. The Balaban J connectivity index is 2.27. The van der Waals surface area contributed by atoms with Gasteiger partial charge in [-0.25, -0.2) is 0 Å². The number of anilines is 1. The van der Waals surface area contributed by atoms with Crippen LogP contribution in [0.2, 0.25) is 0 Å². The van der Waals surface area contributed by atoms with Crippen LogP contribution in [-0.2, 0) is 4.79 Å². The lowest BCUT2D eigenvalue weighted by atomic mass is 10.1. The number of carbonyl (C=O) groups is 1. The molecule has 0 unspecified atom stereocenters. The number of carbonyl (C=O) groups excluding carboxylic acids is 1. The maximum absolute atomic E-state index is 12.2. The largest absolute Gasteiger partial charge is 0.321 e. The van der Waals surface area contributed by atoms with Crippen LogP contribution in [0.5, 0.6) is 0 Å². The molecule has 0 bridgehead atoms. The van der Waals surface area contributed by atoms with Gasteiger partial charge in [0, 0.05) is 17.3 Å². The molecular formula is C18H15N3O3. The van der Waals surface area contributed by atoms with Crippen LogP contribution < -0.4 is 5.32 Å². The van der Waals surface area contributed by atoms with Crippen molar-refractivity contribution in [1.29, 1.82) is 5.26 Å². The van der Waals surface area contributed by atoms with E-state index >= 15 is 0 Å². The Kier molecular flexibility index (Phi) is 5.07. The van der Waals surface area contributed by atoms with Gasteiger partial charge in [-0.15, -0.1) is 0 Å². The predicted molar refractivity (Wildman–Crippen MR) is 91.2 cm³/mol. The number of amides is 1. The van der Waals surface area contributed by atoms with Crippen molar-refractivity contribution in [2.24, 2.45) is 0 Å². The van der Waals surface area contributed by atoms with Crippen molar-refractivity contribution in [2.45, 2.75) is 13.8 Å². The van der Waals surface area contributed by atoms with Crippen LogP contribution in [-0.4, -0.2) is 10.8 Å². The number of benzene rings is 2. The smallest absolute Gasteiger partial charge is 0.272 e. The van der Waals surface area contributed by atoms with Crippen molar-refractivity contribution < 1.29 is 9.72 Å². The molecule has 6 nitrogen and oxygen atoms in total. The van der Waals surface area contributed by atoms with Gasteiger partial charge >= 0.3 is 0 Å². The van der Waals surface area contributed by atoms with E-state index in [1.54, 1.807) is 31.2 Å². The summed E-state index contributed by atoms with van der Waals surface area (Å²) in [4.78, 5) is 22.7. The summed E-state index contributed by atoms with van der Waals surface area (Å²) in [5, 5.41) is 22.8. The summed E-state index contributed by atoms with van der Waals surface area (Å²) in [6, 6.07) is 13.5. The van der Waals surface area contributed by atoms with Crippen LogP contribution in [0.1, 0.15) is 16.7 Å². The zero-order valence-electron chi connectivity index (χ0n) is 13.2. The molecule has 2 aromatic carbocycles. The second kappa shape index (κ2) is 7.20. The highest BCUT2D eigenvalue weighted by Crippen LogP contribution is 2.21. The minimum absolute atomic E-state index is 0.0556. The SMILES string of the molecule is Cc1ccc(NC(=O)C(C#N)=Cc2ccc(C)c([N+](=O)[O-])c2)cc1. The summed E-state index contributed by atoms with van der Waals surface area (Å²) in [5.74, 6) is -0.565. The van der Waals surface area contributed by atoms with Gasteiger partial charge in [0.05, 0.1) is 4.92 Å². The van der Waals surface area contributed by atoms with E-state index in [0.717, 1.165) is 5.56 Å². The third-order valence-corrected chi connectivity index (χ3v) is 3.42. The van der Waals surface area contributed by atoms with Crippen LogP contribution >= 0.6 is 0 Å². The third kappa shape index (κ3) is 4.05. The molecule has 0 aliphatic rings. The highest BCUT2D eigenvalue weighted by atomic mass is 16.6. The van der Waals surface area contributed by atoms with Gasteiger partial charge in [-0.2, -0.15) is 5.26 Å². The molecule has 0 saturated carbocycles. The molecule has 0 spiro atoms. The molecule has 0 aromatic heterocycles. The number of nitro groups is 1. The van der Waals surface area contributed by atoms with E-state index in [0.29, 0.717) is 16.8 Å². The molecule has 1 N–H and O–H groups in total. The molecule has 120 valence electrons. The monoisotopic (exact) mass is 321 g/mol. The molecular weight excluding hydrogens is 306 g/mol. The molecule has 0 heterocycles. The summed E-state index contributed by atoms with van der Waals surface area (Å²) in [6.07, 6.45) is 1.33. The van der Waals surface area contributed by atoms with Crippen molar-refractivity contribution in [3.05, 3.63) is 74.8 Å². The number of aryl methyl sites for hydroxylation is 2. The van der Waals surface area contributed by atoms with Gasteiger partial charge in [0.2, 0.25) is 0 Å². The van der Waals surface area contributed by atoms with Gasteiger partial charge in [0.1, 0.15) is 11.6 Å². The summed E-state index contributed by atoms with van der Waals surface area (Å²) < 4.78 is 0. The third-order valence-electron chi connectivity index (χ3n) is 3.42. The molecule has 0 radical (unpaired) electrons. The summed E-state index contributed by atoms with van der Waals surface area (Å²) in [7, 11) is 0. The fourth-order valence-electron chi connectivity index (χ4n) is 2.06. The van der Waals surface area contributed by atoms with E-state index in [4.69, 9.17) is 0 Å². The zero-order chi connectivity index (χ0) is 17.7. The Morgan fingerprint density at radius 1 is 1.21 bits per heavy atom. The molecule has 2 aromatic rings. The van der Waals surface area contributed by atoms with Crippen molar-refractivity contribution in [1.82, 2.24) is 0 Å². The molecule has 2 rings (SSSR count). The Labute approximate surface area is 139 Å². The quantitative estimate of drug-likeness (QED) is 0.401. The molecule has 0 aliphatic carbocycles. The van der Waals surface area contributed by atoms with Crippen molar-refractivity contribution in [2.75, 3.05) is 5.32 Å². The van der Waals surface area contributed by atoms with Crippen LogP contribution in [0.15, 0.2) is 48.0 Å². The first-order chi connectivity index (χ1) is 11.4. The molecule has 0 atom stereocenters. The van der Waals surface area contributed by atoms with Crippen LogP contribution in [0.25, 0.3) is 6.08 Å². The first kappa shape index (κ1) is 16.9. The van der Waals surface area contributed by atoms with E-state index in [9.17, 15) is 20.2 Å². The maximum atomic E-state index is 12.2. The Bertz CT molecular complexity index is 862. The van der Waals surface area contributed by atoms with Gasteiger partial charge in [-0.05, 0) is 37.6 Å². The first-order valence-electron chi connectivity index (χ1n) is 7.15. The average molecular weight is 321 g/mol. The molecule has 0 aliphatic heterocycles. The summed E-state index contributed by atoms with van der Waals surface area (Å²) in [6.45, 7) is 3.55. The topological polar surface area (TPSA) is 96.0 Å². The van der Waals surface area contributed by atoms with Gasteiger partial charge in [-0.1, -0.05) is 29.8 Å². The molecule has 6 heteroatoms. The van der Waals surface area contributed by atoms with Crippen molar-refractivity contribution in [3.63, 3.8) is 0 Å². The van der Waals surface area contributed by atoms with Gasteiger partial charge < -0.3 is 5.32 Å².